The Kier molecular flexibility index (Phi) is 14.1. The predicted octanol–water partition coefficient (Wildman–Crippen LogP) is 6.62. The van der Waals surface area contributed by atoms with Gasteiger partial charge in [0.25, 0.3) is 11.4 Å². The average molecular weight is 933 g/mol. The highest BCUT2D eigenvalue weighted by molar-refractivity contribution is 7.89. The smallest absolute Gasteiger partial charge is 0.269 e. The highest BCUT2D eigenvalue weighted by atomic mass is 32.2. The minimum atomic E-state index is -3.69. The molecule has 2 aromatic heterocycles. The van der Waals surface area contributed by atoms with Gasteiger partial charge in [0.05, 0.1) is 38.1 Å². The van der Waals surface area contributed by atoms with Crippen LogP contribution in [-0.4, -0.2) is 105 Å². The number of piperazine rings is 2. The molecule has 0 saturated carbocycles. The van der Waals surface area contributed by atoms with Crippen LogP contribution in [0, 0.1) is 27.2 Å². The van der Waals surface area contributed by atoms with Gasteiger partial charge in [0, 0.05) is 100 Å². The van der Waals surface area contributed by atoms with E-state index in [1.807, 2.05) is 29.6 Å². The molecule has 0 bridgehead atoms. The van der Waals surface area contributed by atoms with Gasteiger partial charge in [-0.1, -0.05) is 42.0 Å². The molecule has 0 radical (unpaired) electrons. The van der Waals surface area contributed by atoms with Crippen LogP contribution < -0.4 is 14.5 Å². The first kappa shape index (κ1) is 45.2. The Hall–Kier alpha value is -5.84. The van der Waals surface area contributed by atoms with Gasteiger partial charge in [-0.25, -0.2) is 26.8 Å². The second-order valence-corrected chi connectivity index (χ2v) is 20.3. The molecule has 63 heavy (non-hydrogen) atoms. The normalized spacial score (nSPS) is 15.1. The minimum Gasteiger partial charge on any atom is -0.497 e. The van der Waals surface area contributed by atoms with Crippen molar-refractivity contribution in [3.8, 4) is 5.75 Å². The molecule has 2 aliphatic rings. The third-order valence-electron chi connectivity index (χ3n) is 10.5. The van der Waals surface area contributed by atoms with E-state index in [-0.39, 0.29) is 21.2 Å². The number of benzene rings is 4. The van der Waals surface area contributed by atoms with Crippen LogP contribution in [-0.2, 0) is 32.9 Å². The van der Waals surface area contributed by atoms with Gasteiger partial charge in [-0.15, -0.1) is 22.7 Å². The maximum Gasteiger partial charge on any atom is 0.269 e. The number of rotatable bonds is 13. The summed E-state index contributed by atoms with van der Waals surface area (Å²) in [5.74, 6) is 0.814. The molecule has 6 aromatic rings. The van der Waals surface area contributed by atoms with Crippen LogP contribution in [0.3, 0.4) is 0 Å². The van der Waals surface area contributed by atoms with Crippen LogP contribution >= 0.6 is 22.7 Å². The van der Waals surface area contributed by atoms with Crippen molar-refractivity contribution in [2.75, 3.05) is 69.3 Å². The molecule has 0 unspecified atom stereocenters. The van der Waals surface area contributed by atoms with Crippen LogP contribution in [0.4, 0.5) is 21.6 Å². The van der Waals surface area contributed by atoms with E-state index in [0.29, 0.717) is 52.4 Å². The number of nitro groups is 2. The van der Waals surface area contributed by atoms with Gasteiger partial charge < -0.3 is 14.5 Å². The molecule has 330 valence electrons. The molecule has 0 amide bonds. The highest BCUT2D eigenvalue weighted by Gasteiger charge is 2.31. The van der Waals surface area contributed by atoms with Crippen LogP contribution in [0.25, 0.3) is 0 Å². The summed E-state index contributed by atoms with van der Waals surface area (Å²) in [6.07, 6.45) is 1.49. The second-order valence-electron chi connectivity index (χ2n) is 14.7. The maximum absolute atomic E-state index is 12.9. The first-order valence-electron chi connectivity index (χ1n) is 19.8. The number of ether oxygens (including phenoxy) is 1. The zero-order valence-electron chi connectivity index (χ0n) is 34.3. The lowest BCUT2D eigenvalue weighted by Crippen LogP contribution is -2.48. The van der Waals surface area contributed by atoms with Gasteiger partial charge in [-0.3, -0.25) is 20.2 Å². The summed E-state index contributed by atoms with van der Waals surface area (Å²) in [4.78, 5) is 34.3. The number of thiazole rings is 2. The van der Waals surface area contributed by atoms with Crippen molar-refractivity contribution >= 4 is 64.4 Å². The maximum atomic E-state index is 12.9. The molecular weight excluding hydrogens is 889 g/mol. The summed E-state index contributed by atoms with van der Waals surface area (Å²) in [5, 5.41) is 27.4. The van der Waals surface area contributed by atoms with E-state index in [1.54, 1.807) is 29.8 Å². The van der Waals surface area contributed by atoms with Crippen molar-refractivity contribution in [1.29, 1.82) is 0 Å². The summed E-state index contributed by atoms with van der Waals surface area (Å²) in [5.41, 5.74) is 5.28. The molecule has 21 heteroatoms. The molecule has 2 saturated heterocycles. The fraction of sp³-hybridized carbons (Fsp3) is 0.286. The van der Waals surface area contributed by atoms with Crippen molar-refractivity contribution in [2.45, 2.75) is 29.6 Å². The number of anilines is 2. The number of nitrogens with zero attached hydrogens (tertiary/aromatic N) is 8. The lowest BCUT2D eigenvalue weighted by atomic mass is 10.1. The Bertz CT molecular complexity index is 2730. The van der Waals surface area contributed by atoms with Crippen LogP contribution in [0.15, 0.2) is 118 Å². The Balaban J connectivity index is 0.000000189. The van der Waals surface area contributed by atoms with Crippen LogP contribution in [0.2, 0.25) is 0 Å². The SMILES string of the molecule is COc1ccc(Cc2csc(N3CCN(S(=O)(=O)c4ccc([N+](=O)[O-])cc4)CC3)n2)cc1.Cc1ccc(Cc2csc(N3CCN(S(=O)(=O)c4ccc([N+](=O)[O-])cc4)CC3)n2)cc1. The zero-order valence-corrected chi connectivity index (χ0v) is 37.6. The quantitative estimate of drug-likeness (QED) is 0.0884. The second kappa shape index (κ2) is 19.7. The molecule has 2 fully saturated rings. The monoisotopic (exact) mass is 932 g/mol. The average Bonchev–Trinajstić information content (AvgIpc) is 3.98. The largest absolute Gasteiger partial charge is 0.497 e. The predicted molar refractivity (Wildman–Crippen MR) is 242 cm³/mol. The van der Waals surface area contributed by atoms with Crippen molar-refractivity contribution in [1.82, 2.24) is 18.6 Å². The van der Waals surface area contributed by atoms with Crippen molar-refractivity contribution in [3.05, 3.63) is 156 Å². The number of sulfonamides is 2. The molecule has 0 aliphatic carbocycles. The van der Waals surface area contributed by atoms with Crippen molar-refractivity contribution < 1.29 is 31.4 Å². The van der Waals surface area contributed by atoms with Crippen LogP contribution in [0.5, 0.6) is 5.75 Å². The summed E-state index contributed by atoms with van der Waals surface area (Å²) in [7, 11) is -5.74. The zero-order chi connectivity index (χ0) is 44.7. The van der Waals surface area contributed by atoms with Gasteiger partial charge in [-0.2, -0.15) is 8.61 Å². The molecule has 4 heterocycles. The molecular formula is C42H44N8O9S4. The third kappa shape index (κ3) is 11.0. The van der Waals surface area contributed by atoms with Crippen molar-refractivity contribution in [2.24, 2.45) is 0 Å². The van der Waals surface area contributed by atoms with Gasteiger partial charge in [-0.05, 0) is 54.4 Å². The lowest BCUT2D eigenvalue weighted by Gasteiger charge is -2.33. The van der Waals surface area contributed by atoms with E-state index in [9.17, 15) is 37.1 Å². The van der Waals surface area contributed by atoms with Gasteiger partial charge >= 0.3 is 0 Å². The molecule has 2 aliphatic heterocycles. The third-order valence-corrected chi connectivity index (χ3v) is 16.2. The number of hydrogen-bond acceptors (Lipinski definition) is 15. The van der Waals surface area contributed by atoms with E-state index in [0.717, 1.165) is 45.8 Å². The van der Waals surface area contributed by atoms with E-state index in [4.69, 9.17) is 14.7 Å². The number of nitro benzene ring substituents is 2. The summed E-state index contributed by atoms with van der Waals surface area (Å²) in [6.45, 7) is 5.54. The first-order valence-corrected chi connectivity index (χ1v) is 24.4. The number of methoxy groups -OCH3 is 1. The molecule has 8 rings (SSSR count). The summed E-state index contributed by atoms with van der Waals surface area (Å²) >= 11 is 3.12. The topological polar surface area (TPSA) is 203 Å². The fourth-order valence-corrected chi connectivity index (χ4v) is 11.5. The Morgan fingerprint density at radius 2 is 0.937 bits per heavy atom. The minimum absolute atomic E-state index is 0.0626. The van der Waals surface area contributed by atoms with E-state index >= 15 is 0 Å². The van der Waals surface area contributed by atoms with E-state index in [2.05, 4.69) is 46.4 Å². The van der Waals surface area contributed by atoms with Gasteiger partial charge in [0.2, 0.25) is 20.0 Å². The highest BCUT2D eigenvalue weighted by Crippen LogP contribution is 2.28. The molecule has 17 nitrogen and oxygen atoms in total. The lowest BCUT2D eigenvalue weighted by molar-refractivity contribution is -0.385. The fourth-order valence-electron chi connectivity index (χ4n) is 6.93. The number of aromatic nitrogens is 2. The summed E-state index contributed by atoms with van der Waals surface area (Å²) < 4.78 is 59.5. The first-order chi connectivity index (χ1) is 30.2. The number of aryl methyl sites for hydroxylation is 1. The Morgan fingerprint density at radius 1 is 0.571 bits per heavy atom. The molecule has 4 aromatic carbocycles. The molecule has 0 N–H and O–H groups in total. The van der Waals surface area contributed by atoms with Gasteiger partial charge in [0.15, 0.2) is 10.3 Å². The van der Waals surface area contributed by atoms with Gasteiger partial charge in [0.1, 0.15) is 5.75 Å². The van der Waals surface area contributed by atoms with E-state index < -0.39 is 29.9 Å². The van der Waals surface area contributed by atoms with Crippen LogP contribution in [0.1, 0.15) is 28.1 Å². The standard InChI is InChI=1S/C21H22N4O5S2.C21H22N4O4S2/c1-30-19-6-2-16(3-7-19)14-17-15-31-21(22-17)23-10-12-24(13-11-23)32(28,29)20-8-4-18(5-9-20)25(26)27;1-16-2-4-17(5-3-16)14-18-15-30-21(22-18)23-10-12-24(13-11-23)31(28,29)20-8-6-19(7-9-20)25(26)27/h2-9,15H,10-14H2,1H3;2-9,15H,10-14H2,1H3. The van der Waals surface area contributed by atoms with Crippen molar-refractivity contribution in [3.63, 3.8) is 0 Å². The van der Waals surface area contributed by atoms with E-state index in [1.165, 1.54) is 68.3 Å². The number of non-ortho nitro benzene ring substituents is 2. The summed E-state index contributed by atoms with van der Waals surface area (Å²) in [6, 6.07) is 26.3. The molecule has 0 atom stereocenters. The Morgan fingerprint density at radius 3 is 1.29 bits per heavy atom. The number of hydrogen-bond donors (Lipinski definition) is 0. The Labute approximate surface area is 373 Å². The molecule has 0 spiro atoms.